The molecule has 0 aromatic heterocycles. The minimum atomic E-state index is -2.00. The second-order valence-corrected chi connectivity index (χ2v) is 22.6. The van der Waals surface area contributed by atoms with Crippen LogP contribution in [0.25, 0.3) is 10.8 Å². The Morgan fingerprint density at radius 2 is 1.29 bits per heavy atom. The Bertz CT molecular complexity index is 2490. The molecule has 2 aromatic carbocycles. The minimum Gasteiger partial charge on any atom is -0.507 e. The first-order chi connectivity index (χ1) is 37.6. The fraction of sp³-hybridized carbons (Fsp3) is 0.759. The van der Waals surface area contributed by atoms with E-state index in [9.17, 15) is 60.7 Å². The zero-order valence-corrected chi connectivity index (χ0v) is 46.7. The fourth-order valence-corrected chi connectivity index (χ4v) is 11.8. The molecule has 25 atom stereocenters. The highest BCUT2D eigenvalue weighted by Crippen LogP contribution is 2.48. The predicted octanol–water partition coefficient (Wildman–Crippen LogP) is 0.540. The van der Waals surface area contributed by atoms with Gasteiger partial charge >= 0.3 is 5.97 Å². The van der Waals surface area contributed by atoms with Gasteiger partial charge in [0.2, 0.25) is 6.29 Å². The van der Waals surface area contributed by atoms with Crippen LogP contribution in [0.5, 0.6) is 17.2 Å². The third kappa shape index (κ3) is 13.1. The highest BCUT2D eigenvalue weighted by Gasteiger charge is 2.52. The average Bonchev–Trinajstić information content (AvgIpc) is 3.58. The van der Waals surface area contributed by atoms with E-state index in [1.807, 2.05) is 0 Å². The van der Waals surface area contributed by atoms with Crippen molar-refractivity contribution in [1.29, 1.82) is 0 Å². The molecule has 25 nitrogen and oxygen atoms in total. The number of ether oxygens (including phenoxy) is 12. The molecular weight excluding hydrogens is 1080 g/mol. The van der Waals surface area contributed by atoms with Gasteiger partial charge in [-0.25, -0.2) is 0 Å². The number of esters is 1. The van der Waals surface area contributed by atoms with E-state index in [1.165, 1.54) is 39.8 Å². The second kappa shape index (κ2) is 25.4. The van der Waals surface area contributed by atoms with E-state index < -0.39 is 188 Å². The molecule has 5 heterocycles. The van der Waals surface area contributed by atoms with E-state index in [0.717, 1.165) is 7.11 Å². The molecule has 8 rings (SSSR count). The monoisotopic (exact) mass is 1160 g/mol. The number of ketones is 2. The lowest BCUT2D eigenvalue weighted by atomic mass is 9.75. The number of hydrogen-bond donors (Lipinski definition) is 10. The lowest BCUT2D eigenvalue weighted by Gasteiger charge is -2.46. The predicted molar refractivity (Wildman–Crippen MR) is 273 cm³/mol. The topological polar surface area (TPSA) is 364 Å². The number of carbonyl (C=O) groups excluding carboxylic acids is 3. The van der Waals surface area contributed by atoms with Crippen molar-refractivity contribution in [3.05, 3.63) is 28.8 Å². The van der Waals surface area contributed by atoms with Gasteiger partial charge in [-0.3, -0.25) is 14.4 Å². The van der Waals surface area contributed by atoms with Crippen LogP contribution in [0, 0.1) is 12.8 Å². The average molecular weight is 1160 g/mol. The van der Waals surface area contributed by atoms with Gasteiger partial charge in [0.1, 0.15) is 72.0 Å². The van der Waals surface area contributed by atoms with Crippen LogP contribution in [0.1, 0.15) is 102 Å². The molecule has 5 fully saturated rings. The minimum absolute atomic E-state index is 0.0521. The number of methoxy groups -OCH3 is 1. The van der Waals surface area contributed by atoms with Gasteiger partial charge in [0.05, 0.1) is 71.5 Å². The van der Waals surface area contributed by atoms with E-state index in [0.29, 0.717) is 0 Å². The Kier molecular flexibility index (Phi) is 19.8. The molecule has 0 amide bonds. The van der Waals surface area contributed by atoms with Crippen molar-refractivity contribution < 1.29 is 122 Å². The third-order valence-electron chi connectivity index (χ3n) is 16.3. The fourth-order valence-electron chi connectivity index (χ4n) is 11.7. The first-order valence-electron chi connectivity index (χ1n) is 27.0. The van der Waals surface area contributed by atoms with Gasteiger partial charge in [-0.2, -0.15) is 0 Å². The van der Waals surface area contributed by atoms with Crippen molar-refractivity contribution in [2.45, 2.75) is 241 Å². The Balaban J connectivity index is 1.05. The van der Waals surface area contributed by atoms with Crippen LogP contribution < -0.4 is 4.74 Å². The highest BCUT2D eigenvalue weighted by molar-refractivity contribution is 6.26. The van der Waals surface area contributed by atoms with Crippen molar-refractivity contribution in [2.75, 3.05) is 13.0 Å². The number of aromatic hydroxyl groups is 2. The van der Waals surface area contributed by atoms with Gasteiger partial charge in [-0.15, -0.1) is 11.6 Å². The van der Waals surface area contributed by atoms with Crippen LogP contribution in [-0.4, -0.2) is 229 Å². The number of rotatable bonds is 17. The molecule has 2 aromatic rings. The third-order valence-corrected chi connectivity index (χ3v) is 16.5. The molecule has 6 aliphatic rings. The van der Waals surface area contributed by atoms with Crippen molar-refractivity contribution in [3.63, 3.8) is 0 Å². The molecule has 0 radical (unpaired) electrons. The number of aliphatic hydroxyl groups is 8. The second-order valence-electron chi connectivity index (χ2n) is 22.3. The normalized spacial score (nSPS) is 40.9. The maximum atomic E-state index is 15.1. The Hall–Kier alpha value is -3.52. The van der Waals surface area contributed by atoms with Gasteiger partial charge in [-0.05, 0) is 84.9 Å². The zero-order valence-electron chi connectivity index (χ0n) is 45.9. The summed E-state index contributed by atoms with van der Waals surface area (Å²) in [5.74, 6) is -5.76. The molecule has 0 bridgehead atoms. The summed E-state index contributed by atoms with van der Waals surface area (Å²) in [6.45, 7) is 12.1. The Morgan fingerprint density at radius 1 is 0.738 bits per heavy atom. The lowest BCUT2D eigenvalue weighted by molar-refractivity contribution is -0.337. The summed E-state index contributed by atoms with van der Waals surface area (Å²) in [6.07, 6.45) is -27.4. The summed E-state index contributed by atoms with van der Waals surface area (Å²) >= 11 is 5.63. The molecule has 26 heteroatoms. The number of benzene rings is 2. The van der Waals surface area contributed by atoms with Crippen molar-refractivity contribution >= 4 is 39.9 Å². The van der Waals surface area contributed by atoms with Crippen LogP contribution in [-0.2, 0) is 68.1 Å². The summed E-state index contributed by atoms with van der Waals surface area (Å²) < 4.78 is 71.8. The molecule has 0 spiro atoms. The van der Waals surface area contributed by atoms with Gasteiger partial charge in [0.15, 0.2) is 42.8 Å². The number of carbonyl (C=O) groups is 3. The molecule has 1 aliphatic carbocycles. The summed E-state index contributed by atoms with van der Waals surface area (Å²) in [6, 6.07) is 3.00. The number of Topliss-reactive ketones (excluding diaryl/α,β-unsaturated/α-hetero) is 2. The van der Waals surface area contributed by atoms with Crippen LogP contribution >= 0.6 is 11.6 Å². The van der Waals surface area contributed by atoms with Gasteiger partial charge < -0.3 is 108 Å². The van der Waals surface area contributed by atoms with Gasteiger partial charge in [-0.1, -0.05) is 0 Å². The maximum absolute atomic E-state index is 15.1. The van der Waals surface area contributed by atoms with E-state index in [-0.39, 0.29) is 71.7 Å². The first kappa shape index (κ1) is 62.5. The van der Waals surface area contributed by atoms with Crippen LogP contribution in [0.3, 0.4) is 0 Å². The largest absolute Gasteiger partial charge is 0.507 e. The quantitative estimate of drug-likeness (QED) is 0.0763. The van der Waals surface area contributed by atoms with Crippen molar-refractivity contribution in [1.82, 2.24) is 0 Å². The van der Waals surface area contributed by atoms with Crippen LogP contribution in [0.2, 0.25) is 0 Å². The van der Waals surface area contributed by atoms with E-state index in [1.54, 1.807) is 27.7 Å². The zero-order chi connectivity index (χ0) is 58.6. The summed E-state index contributed by atoms with van der Waals surface area (Å²) in [5.41, 5.74) is -1.54. The summed E-state index contributed by atoms with van der Waals surface area (Å²) in [7, 11) is 1.16. The molecule has 10 N–H and O–H groups in total. The number of alkyl halides is 1. The van der Waals surface area contributed by atoms with E-state index in [2.05, 4.69) is 0 Å². The van der Waals surface area contributed by atoms with E-state index in [4.69, 9.17) is 68.4 Å². The van der Waals surface area contributed by atoms with Gasteiger partial charge in [0, 0.05) is 50.7 Å². The Morgan fingerprint density at radius 3 is 1.86 bits per heavy atom. The van der Waals surface area contributed by atoms with Crippen molar-refractivity contribution in [3.8, 4) is 17.2 Å². The van der Waals surface area contributed by atoms with E-state index >= 15 is 4.79 Å². The molecule has 0 unspecified atom stereocenters. The molecule has 450 valence electrons. The number of phenolic OH excluding ortho intramolecular Hbond substituents is 2. The highest BCUT2D eigenvalue weighted by atomic mass is 35.5. The summed E-state index contributed by atoms with van der Waals surface area (Å²) in [4.78, 5) is 41.5. The molecule has 5 saturated heterocycles. The maximum Gasteiger partial charge on any atom is 0.321 e. The lowest BCUT2D eigenvalue weighted by Crippen LogP contribution is -2.58. The first-order valence-corrected chi connectivity index (χ1v) is 27.6. The Labute approximate surface area is 466 Å². The molecular formula is C54H77ClO25. The smallest absolute Gasteiger partial charge is 0.321 e. The molecule has 0 saturated carbocycles. The number of fused-ring (bicyclic) bond motifs is 2. The standard InChI is InChI=1S/C54H77ClO25/c1-19-31(76-37-15-32(44(61)21(3)72-37)77-35-13-29(56)43(60)20(2)71-35)12-27-10-26-11-28(51(69-9)49(66)46(63)23(5)70-34(58)18-55)52(48(65)41(26)47(64)40(27)42(19)59)79-38-16-33(45(62)22(4)73-38)78-36-14-30(57)50(24(6)74-36)80-39-17-54(8,68)53(67)25(7)75-39/h10,12,20-25,28-30,32-33,35-39,43-46,50-53,56-57,59-64,67-68H,11,13-18H2,1-9H3/t20-,21-,22-,23-,24-,25-,28+,29-,30-,32+,33-,35+,36-,37+,38+,39+,43-,44-,45-,46+,50+,51+,52+,53-,54+/m1/s1. The molecule has 5 aliphatic heterocycles. The number of hydrogen-bond acceptors (Lipinski definition) is 25. The molecule has 80 heavy (non-hydrogen) atoms. The SMILES string of the molecule is CO[C@H](C(=O)[C@@H](O)[C@@H](C)OC(=O)CCl)[C@@H]1Cc2cc3cc(O[C@H]4C[C@H](O[C@H]5C[C@@H](O)[C@H](O)[C@@H](C)O5)[C@H](O)[C@@H](C)O4)c(C)c(O)c3c(O)c2C(=O)[C@H]1O[C@H]1C[C@@H](O[C@@H]2C[C@@H](O)[C@@H](O[C@H]3C[C@](C)(O)[C@H](O)[C@@H](C)O3)[C@@H](C)O2)[C@H](O)[C@@H](C)O1. The van der Waals surface area contributed by atoms with Crippen LogP contribution in [0.4, 0.5) is 0 Å². The van der Waals surface area contributed by atoms with Crippen LogP contribution in [0.15, 0.2) is 12.1 Å². The number of phenols is 2. The number of aliphatic hydroxyl groups excluding tert-OH is 7. The van der Waals surface area contributed by atoms with Crippen molar-refractivity contribution in [2.24, 2.45) is 5.92 Å². The van der Waals surface area contributed by atoms with Gasteiger partial charge in [0.25, 0.3) is 0 Å². The summed E-state index contributed by atoms with van der Waals surface area (Å²) in [5, 5.41) is 111. The number of halogens is 1.